The van der Waals surface area contributed by atoms with Crippen LogP contribution in [-0.4, -0.2) is 41.6 Å². The molecule has 2 amide bonds. The van der Waals surface area contributed by atoms with Crippen molar-refractivity contribution in [2.24, 2.45) is 0 Å². The summed E-state index contributed by atoms with van der Waals surface area (Å²) in [5.41, 5.74) is 0.154. The zero-order valence-corrected chi connectivity index (χ0v) is 16.8. The van der Waals surface area contributed by atoms with E-state index in [-0.39, 0.29) is 28.7 Å². The van der Waals surface area contributed by atoms with Gasteiger partial charge in [0.25, 0.3) is 10.8 Å². The van der Waals surface area contributed by atoms with Crippen LogP contribution in [0.4, 0.5) is 4.79 Å². The first-order valence-corrected chi connectivity index (χ1v) is 10.1. The van der Waals surface area contributed by atoms with Gasteiger partial charge in [0.15, 0.2) is 0 Å². The van der Waals surface area contributed by atoms with Crippen molar-refractivity contribution in [3.63, 3.8) is 0 Å². The Morgan fingerprint density at radius 1 is 1.10 bits per heavy atom. The fourth-order valence-electron chi connectivity index (χ4n) is 3.44. The lowest BCUT2D eigenvalue weighted by atomic mass is 10.1. The number of thioether (sulfide) groups is 1. The molecule has 2 aromatic heterocycles. The summed E-state index contributed by atoms with van der Waals surface area (Å²) >= 11 is 0.933. The number of carboxylic acid groups (broad SMARTS) is 1. The third kappa shape index (κ3) is 4.12. The number of carbonyl (C=O) groups excluding carboxylic acids is 2. The van der Waals surface area contributed by atoms with Gasteiger partial charge in [-0.2, -0.15) is 0 Å². The summed E-state index contributed by atoms with van der Waals surface area (Å²) in [6, 6.07) is 10.2. The van der Waals surface area contributed by atoms with Gasteiger partial charge in [-0.3, -0.25) is 29.1 Å². The molecular formula is C20H16N4O6S. The molecule has 1 aliphatic heterocycles. The van der Waals surface area contributed by atoms with E-state index in [1.54, 1.807) is 18.2 Å². The highest BCUT2D eigenvalue weighted by Gasteiger charge is 2.31. The second-order valence-electron chi connectivity index (χ2n) is 6.94. The number of rotatable bonds is 6. The first kappa shape index (κ1) is 20.5. The molecule has 158 valence electrons. The maximum Gasteiger partial charge on any atom is 0.333 e. The zero-order chi connectivity index (χ0) is 22.1. The molecule has 1 unspecified atom stereocenters. The molecule has 3 heterocycles. The van der Waals surface area contributed by atoms with Crippen LogP contribution in [-0.2, 0) is 29.1 Å². The van der Waals surface area contributed by atoms with Gasteiger partial charge in [-0.25, -0.2) is 14.3 Å². The highest BCUT2D eigenvalue weighted by molar-refractivity contribution is 8.15. The normalized spacial score (nSPS) is 15.9. The Balaban J connectivity index is 1.73. The summed E-state index contributed by atoms with van der Waals surface area (Å²) in [6.45, 7) is -0.715. The maximum absolute atomic E-state index is 12.9. The summed E-state index contributed by atoms with van der Waals surface area (Å²) < 4.78 is 1.92. The molecule has 10 nitrogen and oxygen atoms in total. The van der Waals surface area contributed by atoms with Crippen LogP contribution < -0.4 is 16.6 Å². The molecule has 31 heavy (non-hydrogen) atoms. The summed E-state index contributed by atoms with van der Waals surface area (Å²) in [7, 11) is 0. The van der Waals surface area contributed by atoms with Gasteiger partial charge < -0.3 is 5.11 Å². The van der Waals surface area contributed by atoms with Gasteiger partial charge in [-0.15, -0.1) is 0 Å². The number of fused-ring (bicyclic) bond motifs is 1. The second-order valence-corrected chi connectivity index (χ2v) is 8.11. The van der Waals surface area contributed by atoms with Crippen LogP contribution in [0.3, 0.4) is 0 Å². The highest BCUT2D eigenvalue weighted by atomic mass is 32.2. The van der Waals surface area contributed by atoms with E-state index in [2.05, 4.69) is 10.3 Å². The lowest BCUT2D eigenvalue weighted by molar-refractivity contribution is -0.137. The van der Waals surface area contributed by atoms with Gasteiger partial charge in [0.1, 0.15) is 12.2 Å². The van der Waals surface area contributed by atoms with E-state index in [9.17, 15) is 24.0 Å². The number of pyridine rings is 1. The number of aromatic nitrogens is 3. The molecule has 0 spiro atoms. The Hall–Kier alpha value is -3.73. The fraction of sp³-hybridized carbons (Fsp3) is 0.200. The minimum absolute atomic E-state index is 0.0447. The lowest BCUT2D eigenvalue weighted by Crippen LogP contribution is -2.42. The number of hydrogen-bond acceptors (Lipinski definition) is 7. The minimum atomic E-state index is -1.31. The highest BCUT2D eigenvalue weighted by Crippen LogP contribution is 2.23. The molecule has 0 aliphatic carbocycles. The Morgan fingerprint density at radius 3 is 2.58 bits per heavy atom. The number of nitrogens with one attached hydrogen (secondary N) is 1. The lowest BCUT2D eigenvalue weighted by Gasteiger charge is -2.13. The van der Waals surface area contributed by atoms with Gasteiger partial charge in [0, 0.05) is 6.20 Å². The summed E-state index contributed by atoms with van der Waals surface area (Å²) in [6.07, 6.45) is 1.78. The second kappa shape index (κ2) is 8.19. The van der Waals surface area contributed by atoms with Crippen molar-refractivity contribution in [2.45, 2.75) is 24.8 Å². The van der Waals surface area contributed by atoms with Crippen molar-refractivity contribution in [2.75, 3.05) is 0 Å². The van der Waals surface area contributed by atoms with E-state index >= 15 is 0 Å². The van der Waals surface area contributed by atoms with Crippen molar-refractivity contribution < 1.29 is 19.5 Å². The Bertz CT molecular complexity index is 1350. The summed E-state index contributed by atoms with van der Waals surface area (Å²) in [5.74, 6) is -1.65. The van der Waals surface area contributed by atoms with Gasteiger partial charge >= 0.3 is 11.7 Å². The quantitative estimate of drug-likeness (QED) is 0.567. The number of carbonyl (C=O) groups is 3. The van der Waals surface area contributed by atoms with Crippen molar-refractivity contribution in [1.82, 2.24) is 19.4 Å². The van der Waals surface area contributed by atoms with Crippen molar-refractivity contribution in [3.8, 4) is 0 Å². The first-order chi connectivity index (χ1) is 14.8. The van der Waals surface area contributed by atoms with Crippen LogP contribution >= 0.6 is 11.8 Å². The smallest absolute Gasteiger partial charge is 0.333 e. The van der Waals surface area contributed by atoms with Gasteiger partial charge in [-0.1, -0.05) is 36.0 Å². The largest absolute Gasteiger partial charge is 0.480 e. The van der Waals surface area contributed by atoms with E-state index in [1.165, 1.54) is 22.9 Å². The monoisotopic (exact) mass is 440 g/mol. The maximum atomic E-state index is 12.9. The molecule has 1 aromatic carbocycles. The molecule has 2 N–H and O–H groups in total. The number of amides is 2. The van der Waals surface area contributed by atoms with Crippen LogP contribution in [0, 0.1) is 0 Å². The average Bonchev–Trinajstić information content (AvgIpc) is 3.05. The third-order valence-corrected chi connectivity index (χ3v) is 5.77. The van der Waals surface area contributed by atoms with Crippen LogP contribution in [0.15, 0.2) is 52.2 Å². The predicted octanol–water partition coefficient (Wildman–Crippen LogP) is 0.585. The van der Waals surface area contributed by atoms with Gasteiger partial charge in [-0.05, 0) is 29.7 Å². The van der Waals surface area contributed by atoms with Crippen molar-refractivity contribution in [1.29, 1.82) is 0 Å². The Kier molecular flexibility index (Phi) is 5.42. The molecule has 4 rings (SSSR count). The van der Waals surface area contributed by atoms with E-state index in [0.29, 0.717) is 16.6 Å². The number of hydrogen-bond donors (Lipinski definition) is 2. The van der Waals surface area contributed by atoms with Gasteiger partial charge in [0.2, 0.25) is 5.91 Å². The predicted molar refractivity (Wildman–Crippen MR) is 112 cm³/mol. The molecule has 1 aliphatic rings. The molecule has 11 heteroatoms. The molecule has 1 atom stereocenters. The van der Waals surface area contributed by atoms with E-state index in [0.717, 1.165) is 17.3 Å². The number of benzene rings is 1. The average molecular weight is 440 g/mol. The van der Waals surface area contributed by atoms with Crippen molar-refractivity contribution in [3.05, 3.63) is 74.6 Å². The standard InChI is InChI=1S/C20H16N4O6S/c25-15(26)10-24-18(28)13-5-2-6-21-16(13)23(20(24)30)9-12-4-1-3-11(7-12)8-14-17(27)22-19(29)31-14/h1-7,14H,8-10H2,(H,25,26)(H,22,27,29). The zero-order valence-electron chi connectivity index (χ0n) is 16.0. The summed E-state index contributed by atoms with van der Waals surface area (Å²) in [4.78, 5) is 64.0. The molecular weight excluding hydrogens is 424 g/mol. The minimum Gasteiger partial charge on any atom is -0.480 e. The molecule has 0 radical (unpaired) electrons. The molecule has 0 saturated carbocycles. The van der Waals surface area contributed by atoms with Crippen LogP contribution in [0.1, 0.15) is 11.1 Å². The molecule has 3 aromatic rings. The number of carboxylic acids is 1. The van der Waals surface area contributed by atoms with Crippen molar-refractivity contribution >= 4 is 39.9 Å². The topological polar surface area (TPSA) is 140 Å². The molecule has 1 saturated heterocycles. The van der Waals surface area contributed by atoms with Crippen LogP contribution in [0.2, 0.25) is 0 Å². The number of imide groups is 1. The van der Waals surface area contributed by atoms with Crippen LogP contribution in [0.5, 0.6) is 0 Å². The Morgan fingerprint density at radius 2 is 1.87 bits per heavy atom. The summed E-state index contributed by atoms with van der Waals surface area (Å²) in [5, 5.41) is 10.6. The van der Waals surface area contributed by atoms with E-state index in [4.69, 9.17) is 5.11 Å². The molecule has 1 fully saturated rings. The van der Waals surface area contributed by atoms with E-state index in [1.807, 2.05) is 6.07 Å². The Labute approximate surface area is 178 Å². The number of nitrogens with zero attached hydrogens (tertiary/aromatic N) is 3. The van der Waals surface area contributed by atoms with E-state index < -0.39 is 29.0 Å². The first-order valence-electron chi connectivity index (χ1n) is 9.23. The third-order valence-electron chi connectivity index (χ3n) is 4.79. The fourth-order valence-corrected chi connectivity index (χ4v) is 4.30. The number of aliphatic carboxylic acids is 1. The SMILES string of the molecule is O=C(O)Cn1c(=O)c2cccnc2n(Cc2cccc(CC3SC(=O)NC3=O)c2)c1=O. The van der Waals surface area contributed by atoms with Crippen LogP contribution in [0.25, 0.3) is 11.0 Å². The van der Waals surface area contributed by atoms with Gasteiger partial charge in [0.05, 0.1) is 17.2 Å². The molecule has 0 bridgehead atoms.